The third kappa shape index (κ3) is 7.59. The highest BCUT2D eigenvalue weighted by atomic mass is 31.2. The summed E-state index contributed by atoms with van der Waals surface area (Å²) in [4.78, 5) is 25.3. The Hall–Kier alpha value is -2.67. The van der Waals surface area contributed by atoms with Gasteiger partial charge in [-0.15, -0.1) is 0 Å². The van der Waals surface area contributed by atoms with E-state index in [9.17, 15) is 9.36 Å². The lowest BCUT2D eigenvalue weighted by Crippen LogP contribution is -2.45. The molecule has 1 fully saturated rings. The van der Waals surface area contributed by atoms with Gasteiger partial charge < -0.3 is 24.2 Å². The molecule has 3 aromatic rings. The number of benzene rings is 1. The quantitative estimate of drug-likeness (QED) is 0.179. The second kappa shape index (κ2) is 12.3. The monoisotopic (exact) mass is 604 g/mol. The van der Waals surface area contributed by atoms with Crippen molar-refractivity contribution in [1.29, 1.82) is 0 Å². The third-order valence-electron chi connectivity index (χ3n) is 7.57. The Morgan fingerprint density at radius 2 is 1.95 bits per heavy atom. The summed E-state index contributed by atoms with van der Waals surface area (Å²) >= 11 is 0. The molecule has 5 atom stereocenters. The number of carbonyl (C=O) groups is 1. The number of anilines is 1. The van der Waals surface area contributed by atoms with Crippen molar-refractivity contribution < 1.29 is 27.8 Å². The average Bonchev–Trinajstić information content (AvgIpc) is 3.50. The Labute approximate surface area is 242 Å². The van der Waals surface area contributed by atoms with Gasteiger partial charge in [-0.1, -0.05) is 51.1 Å². The van der Waals surface area contributed by atoms with Gasteiger partial charge in [-0.05, 0) is 30.6 Å². The van der Waals surface area contributed by atoms with E-state index in [2.05, 4.69) is 53.9 Å². The fourth-order valence-electron chi connectivity index (χ4n) is 4.31. The summed E-state index contributed by atoms with van der Waals surface area (Å²) in [6.45, 7) is 14.1. The second-order valence-electron chi connectivity index (χ2n) is 12.0. The highest BCUT2D eigenvalue weighted by molar-refractivity contribution is 7.56. The fraction of sp³-hybridized carbons (Fsp3) is 0.556. The van der Waals surface area contributed by atoms with Crippen LogP contribution in [0.3, 0.4) is 0 Å². The van der Waals surface area contributed by atoms with E-state index in [0.29, 0.717) is 17.6 Å². The molecule has 0 amide bonds. The Morgan fingerprint density at radius 1 is 1.24 bits per heavy atom. The minimum Gasteiger partial charge on any atom is -0.460 e. The van der Waals surface area contributed by atoms with E-state index < -0.39 is 40.2 Å². The molecule has 2 aromatic heterocycles. The van der Waals surface area contributed by atoms with Crippen molar-refractivity contribution in [3.8, 4) is 0 Å². The van der Waals surface area contributed by atoms with Gasteiger partial charge in [0.05, 0.1) is 25.1 Å². The van der Waals surface area contributed by atoms with Crippen LogP contribution in [-0.2, 0) is 34.4 Å². The van der Waals surface area contributed by atoms with Crippen LogP contribution in [0.4, 0.5) is 5.82 Å². The van der Waals surface area contributed by atoms with Crippen molar-refractivity contribution in [2.75, 3.05) is 19.0 Å². The van der Waals surface area contributed by atoms with E-state index in [-0.39, 0.29) is 30.2 Å². The van der Waals surface area contributed by atoms with Crippen LogP contribution in [0.5, 0.6) is 0 Å². The fourth-order valence-corrected chi connectivity index (χ4v) is 6.96. The minimum absolute atomic E-state index is 0.0238. The molecule has 14 heteroatoms. The Kier molecular flexibility index (Phi) is 9.37. The Balaban J connectivity index is 1.42. The number of carbonyl (C=O) groups excluding carboxylic acids is 1. The van der Waals surface area contributed by atoms with Crippen LogP contribution in [0, 0.1) is 0 Å². The summed E-state index contributed by atoms with van der Waals surface area (Å²) in [5.41, 5.74) is 7.90. The number of fused-ring (bicyclic) bond motifs is 1. The summed E-state index contributed by atoms with van der Waals surface area (Å²) in [7, 11) is -5.57. The second-order valence-corrected chi connectivity index (χ2v) is 18.9. The number of nitrogens with zero attached hydrogens (tertiary/aromatic N) is 4. The van der Waals surface area contributed by atoms with Gasteiger partial charge >= 0.3 is 5.97 Å². The van der Waals surface area contributed by atoms with E-state index in [0.717, 1.165) is 5.56 Å². The summed E-state index contributed by atoms with van der Waals surface area (Å²) in [6.07, 6.45) is 2.22. The van der Waals surface area contributed by atoms with Gasteiger partial charge in [0.1, 0.15) is 24.5 Å². The molecule has 224 valence electrons. The normalized spacial score (nSPS) is 22.0. The maximum absolute atomic E-state index is 13.3. The number of nitrogens with one attached hydrogen (secondary N) is 1. The number of nitrogens with two attached hydrogens (primary N) is 1. The summed E-state index contributed by atoms with van der Waals surface area (Å²) in [5.74, 6) is -0.240. The first-order valence-corrected chi connectivity index (χ1v) is 18.6. The zero-order chi connectivity index (χ0) is 30.0. The van der Waals surface area contributed by atoms with Crippen molar-refractivity contribution in [1.82, 2.24) is 24.6 Å². The third-order valence-corrected chi connectivity index (χ3v) is 13.6. The smallest absolute Gasteiger partial charge is 0.323 e. The molecule has 3 N–H and O–H groups in total. The van der Waals surface area contributed by atoms with E-state index >= 15 is 0 Å². The van der Waals surface area contributed by atoms with Gasteiger partial charge in [0.25, 0.3) is 7.52 Å². The van der Waals surface area contributed by atoms with Crippen molar-refractivity contribution in [3.05, 3.63) is 48.5 Å². The Morgan fingerprint density at radius 3 is 2.63 bits per heavy atom. The van der Waals surface area contributed by atoms with Gasteiger partial charge in [0, 0.05) is 13.1 Å². The molecule has 3 heterocycles. The first-order valence-electron chi connectivity index (χ1n) is 13.6. The molecule has 0 bridgehead atoms. The maximum atomic E-state index is 13.3. The first-order chi connectivity index (χ1) is 19.2. The van der Waals surface area contributed by atoms with Crippen molar-refractivity contribution in [2.24, 2.45) is 0 Å². The number of esters is 1. The molecule has 1 saturated heterocycles. The summed E-state index contributed by atoms with van der Waals surface area (Å²) in [5, 5.41) is 2.76. The van der Waals surface area contributed by atoms with E-state index in [1.54, 1.807) is 17.8 Å². The standard InChI is InChI=1S/C27H41N6O6PSi/c1-18(26(34)36-14-19-11-9-8-10-12-19)32-40(5,35)37-15-20-13-21(39-41(6,7)27(2,3)4)25(38-20)33-17-31-22-23(28)29-16-30-24(22)33/h8-12,16-18,20-21,25H,13-15H2,1-7H3,(H,32,35)(H2,28,29,30)/t18-,20-,21+,25+,40-/m0/s1. The van der Waals surface area contributed by atoms with Gasteiger partial charge in [-0.25, -0.2) is 20.0 Å². The number of aromatic nitrogens is 4. The van der Waals surface area contributed by atoms with Crippen LogP contribution in [0.25, 0.3) is 11.2 Å². The molecule has 12 nitrogen and oxygen atoms in total. The van der Waals surface area contributed by atoms with Crippen LogP contribution < -0.4 is 10.8 Å². The van der Waals surface area contributed by atoms with Gasteiger partial charge in [-0.2, -0.15) is 0 Å². The van der Waals surface area contributed by atoms with Crippen molar-refractivity contribution in [2.45, 2.75) is 83.3 Å². The lowest BCUT2D eigenvalue weighted by atomic mass is 10.2. The largest absolute Gasteiger partial charge is 0.460 e. The number of hydrogen-bond acceptors (Lipinski definition) is 10. The number of nitrogen functional groups attached to an aromatic ring is 1. The number of ether oxygens (including phenoxy) is 2. The zero-order valence-electron chi connectivity index (χ0n) is 24.7. The van der Waals surface area contributed by atoms with Crippen LogP contribution in [-0.4, -0.2) is 65.3 Å². The SMILES string of the molecule is C[C@H](N[P@@](C)(=O)OC[C@@H]1C[C@@H](O[Si](C)(C)C(C)(C)C)[C@H](n2cnc3c(N)ncnc32)O1)C(=O)OCc1ccccc1. The van der Waals surface area contributed by atoms with Crippen LogP contribution in [0.2, 0.25) is 18.1 Å². The van der Waals surface area contributed by atoms with E-state index in [1.807, 2.05) is 30.3 Å². The number of rotatable bonds is 11. The maximum Gasteiger partial charge on any atom is 0.323 e. The van der Waals surface area contributed by atoms with Crippen molar-refractivity contribution in [3.63, 3.8) is 0 Å². The summed E-state index contributed by atoms with van der Waals surface area (Å²) in [6, 6.07) is 8.53. The van der Waals surface area contributed by atoms with Crippen LogP contribution in [0.1, 0.15) is 45.9 Å². The molecular weight excluding hydrogens is 563 g/mol. The van der Waals surface area contributed by atoms with Crippen LogP contribution in [0.15, 0.2) is 43.0 Å². The van der Waals surface area contributed by atoms with Gasteiger partial charge in [-0.3, -0.25) is 13.9 Å². The molecule has 0 saturated carbocycles. The van der Waals surface area contributed by atoms with E-state index in [4.69, 9.17) is 24.2 Å². The molecule has 0 radical (unpaired) electrons. The molecule has 1 aliphatic heterocycles. The molecular formula is C27H41N6O6PSi. The van der Waals surface area contributed by atoms with Gasteiger partial charge in [0.15, 0.2) is 26.0 Å². The molecule has 0 spiro atoms. The summed E-state index contributed by atoms with van der Waals surface area (Å²) < 4.78 is 39.4. The Bertz CT molecular complexity index is 1400. The molecule has 1 aromatic carbocycles. The molecule has 0 aliphatic carbocycles. The lowest BCUT2D eigenvalue weighted by Gasteiger charge is -2.39. The first kappa shape index (κ1) is 31.3. The minimum atomic E-state index is -3.38. The van der Waals surface area contributed by atoms with Gasteiger partial charge in [0.2, 0.25) is 0 Å². The molecule has 0 unspecified atom stereocenters. The van der Waals surface area contributed by atoms with Crippen LogP contribution >= 0.6 is 7.52 Å². The lowest BCUT2D eigenvalue weighted by molar-refractivity contribution is -0.146. The number of imidazole rings is 1. The predicted molar refractivity (Wildman–Crippen MR) is 159 cm³/mol. The number of hydrogen-bond donors (Lipinski definition) is 2. The predicted octanol–water partition coefficient (Wildman–Crippen LogP) is 4.65. The van der Waals surface area contributed by atoms with Crippen molar-refractivity contribution >= 4 is 38.8 Å². The molecule has 4 rings (SSSR count). The van der Waals surface area contributed by atoms with E-state index in [1.165, 1.54) is 13.0 Å². The zero-order valence-corrected chi connectivity index (χ0v) is 26.6. The molecule has 41 heavy (non-hydrogen) atoms. The molecule has 1 aliphatic rings. The average molecular weight is 605 g/mol. The highest BCUT2D eigenvalue weighted by Crippen LogP contribution is 2.44. The highest BCUT2D eigenvalue weighted by Gasteiger charge is 2.46. The topological polar surface area (TPSA) is 153 Å².